The Morgan fingerprint density at radius 2 is 1.77 bits per heavy atom. The molecule has 0 radical (unpaired) electrons. The topological polar surface area (TPSA) is 128 Å². The van der Waals surface area contributed by atoms with Crippen molar-refractivity contribution in [3.8, 4) is 0 Å². The van der Waals surface area contributed by atoms with Crippen molar-refractivity contribution < 1.29 is 24.0 Å². The van der Waals surface area contributed by atoms with Gasteiger partial charge in [0.05, 0.1) is 10.8 Å². The minimum absolute atomic E-state index is 0.00223. The lowest BCUT2D eigenvalue weighted by Crippen LogP contribution is -2.43. The van der Waals surface area contributed by atoms with Crippen molar-refractivity contribution in [2.45, 2.75) is 26.2 Å². The molecule has 0 unspecified atom stereocenters. The molecule has 30 heavy (non-hydrogen) atoms. The molecule has 0 fully saturated rings. The first-order chi connectivity index (χ1) is 14.3. The molecule has 9 nitrogen and oxygen atoms in total. The average Bonchev–Trinajstić information content (AvgIpc) is 2.76. The van der Waals surface area contributed by atoms with E-state index in [0.717, 1.165) is 18.1 Å². The molecular formula is C21H23N3O6. The van der Waals surface area contributed by atoms with Crippen LogP contribution in [0.5, 0.6) is 0 Å². The molecular weight excluding hydrogens is 390 g/mol. The summed E-state index contributed by atoms with van der Waals surface area (Å²) in [5.41, 5.74) is 4.81. The lowest BCUT2D eigenvalue weighted by molar-refractivity contribution is -0.384. The standard InChI is InChI=1S/C21H23N3O6/c1-3-14(2)19(15-8-5-4-6-9-15)21(27)30-13-18(25)22-23-20(26)16-10-7-11-17(12-16)24(28)29/h4-12,14,19H,3,13H2,1-2H3,(H,22,25)(H,23,26)/t14-,19+/m0/s1. The SMILES string of the molecule is CC[C@H](C)[C@@H](C(=O)OCC(=O)NNC(=O)c1cccc([N+](=O)[O-])c1)c1ccccc1. The van der Waals surface area contributed by atoms with Crippen molar-refractivity contribution >= 4 is 23.5 Å². The maximum atomic E-state index is 12.6. The highest BCUT2D eigenvalue weighted by Gasteiger charge is 2.27. The molecule has 0 aliphatic rings. The second-order valence-electron chi connectivity index (χ2n) is 6.69. The van der Waals surface area contributed by atoms with Crippen LogP contribution in [-0.2, 0) is 14.3 Å². The van der Waals surface area contributed by atoms with Crippen molar-refractivity contribution in [1.29, 1.82) is 0 Å². The summed E-state index contributed by atoms with van der Waals surface area (Å²) in [4.78, 5) is 46.7. The molecule has 158 valence electrons. The Morgan fingerprint density at radius 3 is 2.40 bits per heavy atom. The lowest BCUT2D eigenvalue weighted by atomic mass is 9.86. The van der Waals surface area contributed by atoms with Gasteiger partial charge in [0.25, 0.3) is 17.5 Å². The van der Waals surface area contributed by atoms with Crippen molar-refractivity contribution in [1.82, 2.24) is 10.9 Å². The van der Waals surface area contributed by atoms with Crippen molar-refractivity contribution in [2.24, 2.45) is 5.92 Å². The van der Waals surface area contributed by atoms with E-state index in [4.69, 9.17) is 4.74 Å². The van der Waals surface area contributed by atoms with E-state index in [0.29, 0.717) is 0 Å². The Bertz CT molecular complexity index is 916. The predicted molar refractivity (Wildman–Crippen MR) is 108 cm³/mol. The number of benzene rings is 2. The fourth-order valence-electron chi connectivity index (χ4n) is 2.81. The van der Waals surface area contributed by atoms with Gasteiger partial charge in [-0.2, -0.15) is 0 Å². The fourth-order valence-corrected chi connectivity index (χ4v) is 2.81. The zero-order chi connectivity index (χ0) is 22.1. The quantitative estimate of drug-likeness (QED) is 0.389. The summed E-state index contributed by atoms with van der Waals surface area (Å²) in [5, 5.41) is 10.8. The van der Waals surface area contributed by atoms with Gasteiger partial charge in [0, 0.05) is 17.7 Å². The van der Waals surface area contributed by atoms with Gasteiger partial charge in [0.1, 0.15) is 0 Å². The molecule has 0 bridgehead atoms. The van der Waals surface area contributed by atoms with Crippen LogP contribution in [0.1, 0.15) is 42.1 Å². The number of nitrogens with zero attached hydrogens (tertiary/aromatic N) is 1. The largest absolute Gasteiger partial charge is 0.455 e. The zero-order valence-corrected chi connectivity index (χ0v) is 16.7. The van der Waals surface area contributed by atoms with Gasteiger partial charge in [-0.25, -0.2) is 0 Å². The van der Waals surface area contributed by atoms with Gasteiger partial charge in [-0.15, -0.1) is 0 Å². The smallest absolute Gasteiger partial charge is 0.314 e. The molecule has 2 atom stereocenters. The molecule has 2 N–H and O–H groups in total. The predicted octanol–water partition coefficient (Wildman–Crippen LogP) is 2.73. The van der Waals surface area contributed by atoms with E-state index < -0.39 is 35.2 Å². The first kappa shape index (κ1) is 22.5. The van der Waals surface area contributed by atoms with Crippen LogP contribution in [0.15, 0.2) is 54.6 Å². The molecule has 0 saturated heterocycles. The summed E-state index contributed by atoms with van der Waals surface area (Å²) in [7, 11) is 0. The average molecular weight is 413 g/mol. The number of ether oxygens (including phenoxy) is 1. The van der Waals surface area contributed by atoms with Crippen molar-refractivity contribution in [3.05, 3.63) is 75.8 Å². The molecule has 0 spiro atoms. The highest BCUT2D eigenvalue weighted by atomic mass is 16.6. The molecule has 0 aromatic heterocycles. The summed E-state index contributed by atoms with van der Waals surface area (Å²) in [6, 6.07) is 14.2. The molecule has 2 rings (SSSR count). The summed E-state index contributed by atoms with van der Waals surface area (Å²) in [6.45, 7) is 3.32. The van der Waals surface area contributed by atoms with Gasteiger partial charge < -0.3 is 4.74 Å². The van der Waals surface area contributed by atoms with Crippen LogP contribution in [0, 0.1) is 16.0 Å². The van der Waals surface area contributed by atoms with Gasteiger partial charge in [-0.3, -0.25) is 35.3 Å². The number of hydrogen-bond donors (Lipinski definition) is 2. The van der Waals surface area contributed by atoms with E-state index >= 15 is 0 Å². The van der Waals surface area contributed by atoms with Gasteiger partial charge in [-0.05, 0) is 17.5 Å². The van der Waals surface area contributed by atoms with E-state index in [2.05, 4.69) is 10.9 Å². The number of non-ortho nitro benzene ring substituents is 1. The highest BCUT2D eigenvalue weighted by Crippen LogP contribution is 2.28. The van der Waals surface area contributed by atoms with Gasteiger partial charge >= 0.3 is 5.97 Å². The number of hydrogen-bond acceptors (Lipinski definition) is 6. The van der Waals surface area contributed by atoms with Gasteiger partial charge in [-0.1, -0.05) is 56.7 Å². The summed E-state index contributed by atoms with van der Waals surface area (Å²) >= 11 is 0. The van der Waals surface area contributed by atoms with Crippen LogP contribution in [0.25, 0.3) is 0 Å². The van der Waals surface area contributed by atoms with Crippen molar-refractivity contribution in [3.63, 3.8) is 0 Å². The minimum Gasteiger partial charge on any atom is -0.455 e. The zero-order valence-electron chi connectivity index (χ0n) is 16.7. The minimum atomic E-state index is -0.738. The van der Waals surface area contributed by atoms with Crippen LogP contribution in [0.4, 0.5) is 5.69 Å². The number of esters is 1. The number of nitrogens with one attached hydrogen (secondary N) is 2. The maximum Gasteiger partial charge on any atom is 0.314 e. The first-order valence-electron chi connectivity index (χ1n) is 9.38. The van der Waals surface area contributed by atoms with Crippen LogP contribution >= 0.6 is 0 Å². The normalized spacial score (nSPS) is 12.3. The van der Waals surface area contributed by atoms with E-state index in [1.807, 2.05) is 44.2 Å². The first-order valence-corrected chi connectivity index (χ1v) is 9.38. The van der Waals surface area contributed by atoms with Crippen molar-refractivity contribution in [2.75, 3.05) is 6.61 Å². The van der Waals surface area contributed by atoms with E-state index in [9.17, 15) is 24.5 Å². The molecule has 0 saturated carbocycles. The molecule has 2 aromatic rings. The Morgan fingerprint density at radius 1 is 1.07 bits per heavy atom. The maximum absolute atomic E-state index is 12.6. The van der Waals surface area contributed by atoms with Crippen LogP contribution in [0.2, 0.25) is 0 Å². The molecule has 0 heterocycles. The fraction of sp³-hybridized carbons (Fsp3) is 0.286. The van der Waals surface area contributed by atoms with Crippen LogP contribution in [-0.4, -0.2) is 29.3 Å². The second-order valence-corrected chi connectivity index (χ2v) is 6.69. The van der Waals surface area contributed by atoms with E-state index in [1.54, 1.807) is 0 Å². The molecule has 9 heteroatoms. The number of nitro groups is 1. The number of hydrazine groups is 1. The third-order valence-electron chi connectivity index (χ3n) is 4.61. The third kappa shape index (κ3) is 6.13. The molecule has 0 aliphatic carbocycles. The van der Waals surface area contributed by atoms with E-state index in [1.165, 1.54) is 18.2 Å². The number of amides is 2. The third-order valence-corrected chi connectivity index (χ3v) is 4.61. The monoisotopic (exact) mass is 413 g/mol. The number of carbonyl (C=O) groups excluding carboxylic acids is 3. The molecule has 2 aromatic carbocycles. The lowest BCUT2D eigenvalue weighted by Gasteiger charge is -2.21. The number of rotatable bonds is 8. The summed E-state index contributed by atoms with van der Waals surface area (Å²) in [6.07, 6.45) is 0.750. The Labute approximate surface area is 173 Å². The molecule has 0 aliphatic heterocycles. The highest BCUT2D eigenvalue weighted by molar-refractivity contribution is 5.96. The van der Waals surface area contributed by atoms with Gasteiger partial charge in [0.15, 0.2) is 6.61 Å². The van der Waals surface area contributed by atoms with Crippen LogP contribution < -0.4 is 10.9 Å². The van der Waals surface area contributed by atoms with E-state index in [-0.39, 0.29) is 17.2 Å². The Hall–Kier alpha value is -3.75. The number of nitro benzene ring substituents is 1. The van der Waals surface area contributed by atoms with Gasteiger partial charge in [0.2, 0.25) is 0 Å². The number of carbonyl (C=O) groups is 3. The Balaban J connectivity index is 1.90. The second kappa shape index (κ2) is 10.7. The van der Waals surface area contributed by atoms with Crippen LogP contribution in [0.3, 0.4) is 0 Å². The summed E-state index contributed by atoms with van der Waals surface area (Å²) in [5.74, 6) is -2.51. The Kier molecular flexibility index (Phi) is 8.04. The molecule has 2 amide bonds. The summed E-state index contributed by atoms with van der Waals surface area (Å²) < 4.78 is 5.14.